The molecule has 2 heterocycles. The highest BCUT2D eigenvalue weighted by Crippen LogP contribution is 2.13. The maximum Gasteiger partial charge on any atom is 0.228 e. The van der Waals surface area contributed by atoms with Crippen LogP contribution in [0.1, 0.15) is 17.1 Å². The fourth-order valence-electron chi connectivity index (χ4n) is 1.72. The highest BCUT2D eigenvalue weighted by atomic mass is 32.1. The van der Waals surface area contributed by atoms with E-state index in [1.807, 2.05) is 12.3 Å². The zero-order valence-electron chi connectivity index (χ0n) is 8.64. The van der Waals surface area contributed by atoms with Gasteiger partial charge in [0.2, 0.25) is 5.91 Å². The lowest BCUT2D eigenvalue weighted by Crippen LogP contribution is -2.30. The molecular weight excluding hydrogens is 212 g/mol. The van der Waals surface area contributed by atoms with Gasteiger partial charge in [-0.25, -0.2) is 4.98 Å². The Morgan fingerprint density at radius 2 is 2.60 bits per heavy atom. The van der Waals surface area contributed by atoms with Gasteiger partial charge in [0.15, 0.2) is 0 Å². The molecule has 1 aromatic heterocycles. The summed E-state index contributed by atoms with van der Waals surface area (Å²) in [6.45, 7) is 3.07. The number of aryl methyl sites for hydroxylation is 1. The minimum Gasteiger partial charge on any atom is -0.391 e. The number of β-amino-alcohol motifs (C(OH)–C–C–N with tert-alkyl or cyclic N) is 1. The number of likely N-dealkylation sites (tertiary alicyclic amines) is 1. The van der Waals surface area contributed by atoms with Crippen LogP contribution in [0, 0.1) is 6.92 Å². The third kappa shape index (κ3) is 2.54. The number of carbonyl (C=O) groups excluding carboxylic acids is 1. The van der Waals surface area contributed by atoms with Crippen molar-refractivity contribution < 1.29 is 9.90 Å². The Labute approximate surface area is 92.6 Å². The molecule has 15 heavy (non-hydrogen) atoms. The number of thiazole rings is 1. The van der Waals surface area contributed by atoms with Gasteiger partial charge in [0.1, 0.15) is 0 Å². The van der Waals surface area contributed by atoms with E-state index in [1.54, 1.807) is 16.2 Å². The normalized spacial score (nSPS) is 20.9. The van der Waals surface area contributed by atoms with Gasteiger partial charge in [-0.05, 0) is 13.3 Å². The van der Waals surface area contributed by atoms with Gasteiger partial charge < -0.3 is 10.0 Å². The molecule has 0 aromatic carbocycles. The standard InChI is InChI=1S/C10H14N2O2S/c1-7-11-8(6-15-7)4-10(14)12-3-2-9(13)5-12/h6,9,13H,2-5H2,1H3/t9-/m0/s1. The molecule has 0 radical (unpaired) electrons. The lowest BCUT2D eigenvalue weighted by atomic mass is 10.3. The molecule has 82 valence electrons. The van der Waals surface area contributed by atoms with Crippen LogP contribution in [0.5, 0.6) is 0 Å². The summed E-state index contributed by atoms with van der Waals surface area (Å²) in [7, 11) is 0. The fraction of sp³-hybridized carbons (Fsp3) is 0.600. The first-order valence-electron chi connectivity index (χ1n) is 5.02. The third-order valence-electron chi connectivity index (χ3n) is 2.51. The minimum atomic E-state index is -0.342. The Bertz CT molecular complexity index is 364. The number of amides is 1. The number of aliphatic hydroxyl groups is 1. The Morgan fingerprint density at radius 3 is 3.13 bits per heavy atom. The van der Waals surface area contributed by atoms with E-state index in [-0.39, 0.29) is 12.0 Å². The fourth-order valence-corrected chi connectivity index (χ4v) is 2.34. The molecule has 1 amide bonds. The zero-order valence-corrected chi connectivity index (χ0v) is 9.46. The Morgan fingerprint density at radius 1 is 1.80 bits per heavy atom. The van der Waals surface area contributed by atoms with E-state index >= 15 is 0 Å². The maximum atomic E-state index is 11.7. The highest BCUT2D eigenvalue weighted by Gasteiger charge is 2.24. The van der Waals surface area contributed by atoms with Gasteiger partial charge in [-0.3, -0.25) is 4.79 Å². The van der Waals surface area contributed by atoms with E-state index in [0.29, 0.717) is 25.9 Å². The summed E-state index contributed by atoms with van der Waals surface area (Å²) >= 11 is 1.56. The van der Waals surface area contributed by atoms with E-state index < -0.39 is 0 Å². The molecule has 1 atom stereocenters. The molecule has 1 aliphatic rings. The van der Waals surface area contributed by atoms with Gasteiger partial charge in [-0.1, -0.05) is 0 Å². The molecule has 0 saturated carbocycles. The van der Waals surface area contributed by atoms with Gasteiger partial charge in [0, 0.05) is 18.5 Å². The van der Waals surface area contributed by atoms with Gasteiger partial charge in [0.05, 0.1) is 23.2 Å². The van der Waals surface area contributed by atoms with Gasteiger partial charge in [-0.15, -0.1) is 11.3 Å². The van der Waals surface area contributed by atoms with Crippen LogP contribution < -0.4 is 0 Å². The van der Waals surface area contributed by atoms with Crippen LogP contribution in [0.4, 0.5) is 0 Å². The summed E-state index contributed by atoms with van der Waals surface area (Å²) < 4.78 is 0. The van der Waals surface area contributed by atoms with Crippen LogP contribution in [0.15, 0.2) is 5.38 Å². The molecular formula is C10H14N2O2S. The molecule has 0 unspecified atom stereocenters. The Balaban J connectivity index is 1.92. The second-order valence-corrected chi connectivity index (χ2v) is 4.88. The van der Waals surface area contributed by atoms with E-state index in [2.05, 4.69) is 4.98 Å². The summed E-state index contributed by atoms with van der Waals surface area (Å²) in [4.78, 5) is 17.7. The molecule has 1 aromatic rings. The average molecular weight is 226 g/mol. The van der Waals surface area contributed by atoms with Crippen molar-refractivity contribution in [1.29, 1.82) is 0 Å². The van der Waals surface area contributed by atoms with Gasteiger partial charge in [0.25, 0.3) is 0 Å². The monoisotopic (exact) mass is 226 g/mol. The van der Waals surface area contributed by atoms with Crippen molar-refractivity contribution in [3.8, 4) is 0 Å². The maximum absolute atomic E-state index is 11.7. The lowest BCUT2D eigenvalue weighted by molar-refractivity contribution is -0.129. The molecule has 2 rings (SSSR count). The molecule has 0 aliphatic carbocycles. The van der Waals surface area contributed by atoms with E-state index in [1.165, 1.54) is 0 Å². The minimum absolute atomic E-state index is 0.0665. The summed E-state index contributed by atoms with van der Waals surface area (Å²) in [6.07, 6.45) is 0.713. The molecule has 1 aliphatic heterocycles. The predicted molar refractivity (Wildman–Crippen MR) is 57.8 cm³/mol. The van der Waals surface area contributed by atoms with Crippen molar-refractivity contribution in [2.45, 2.75) is 25.9 Å². The van der Waals surface area contributed by atoms with Crippen molar-refractivity contribution >= 4 is 17.2 Å². The quantitative estimate of drug-likeness (QED) is 0.803. The molecule has 0 spiro atoms. The Hall–Kier alpha value is -0.940. The van der Waals surface area contributed by atoms with Crippen LogP contribution in [-0.2, 0) is 11.2 Å². The van der Waals surface area contributed by atoms with Gasteiger partial charge in [-0.2, -0.15) is 0 Å². The van der Waals surface area contributed by atoms with Crippen LogP contribution >= 0.6 is 11.3 Å². The molecule has 1 N–H and O–H groups in total. The molecule has 0 bridgehead atoms. The van der Waals surface area contributed by atoms with Crippen molar-refractivity contribution in [1.82, 2.24) is 9.88 Å². The number of rotatable bonds is 2. The van der Waals surface area contributed by atoms with Crippen molar-refractivity contribution in [2.24, 2.45) is 0 Å². The summed E-state index contributed by atoms with van der Waals surface area (Å²) in [5.41, 5.74) is 0.837. The largest absolute Gasteiger partial charge is 0.391 e. The summed E-state index contributed by atoms with van der Waals surface area (Å²) in [5, 5.41) is 12.2. The van der Waals surface area contributed by atoms with Crippen molar-refractivity contribution in [3.63, 3.8) is 0 Å². The summed E-state index contributed by atoms with van der Waals surface area (Å²) in [6, 6.07) is 0. The van der Waals surface area contributed by atoms with Crippen molar-refractivity contribution in [2.75, 3.05) is 13.1 Å². The number of carbonyl (C=O) groups is 1. The summed E-state index contributed by atoms with van der Waals surface area (Å²) in [5.74, 6) is 0.0665. The lowest BCUT2D eigenvalue weighted by Gasteiger charge is -2.14. The molecule has 1 fully saturated rings. The third-order valence-corrected chi connectivity index (χ3v) is 3.34. The molecule has 5 heteroatoms. The smallest absolute Gasteiger partial charge is 0.228 e. The first-order valence-corrected chi connectivity index (χ1v) is 5.90. The average Bonchev–Trinajstić information content (AvgIpc) is 2.75. The highest BCUT2D eigenvalue weighted by molar-refractivity contribution is 7.09. The van der Waals surface area contributed by atoms with Gasteiger partial charge >= 0.3 is 0 Å². The number of aromatic nitrogens is 1. The zero-order chi connectivity index (χ0) is 10.8. The van der Waals surface area contributed by atoms with Crippen LogP contribution in [-0.4, -0.2) is 40.1 Å². The topological polar surface area (TPSA) is 53.4 Å². The first-order chi connectivity index (χ1) is 7.15. The SMILES string of the molecule is Cc1nc(CC(=O)N2CC[C@H](O)C2)cs1. The van der Waals surface area contributed by atoms with Crippen LogP contribution in [0.3, 0.4) is 0 Å². The second-order valence-electron chi connectivity index (χ2n) is 3.82. The number of hydrogen-bond donors (Lipinski definition) is 1. The number of nitrogens with zero attached hydrogens (tertiary/aromatic N) is 2. The Kier molecular flexibility index (Phi) is 3.02. The molecule has 1 saturated heterocycles. The van der Waals surface area contributed by atoms with E-state index in [0.717, 1.165) is 10.7 Å². The first kappa shape index (κ1) is 10.6. The van der Waals surface area contributed by atoms with Crippen molar-refractivity contribution in [3.05, 3.63) is 16.1 Å². The van der Waals surface area contributed by atoms with E-state index in [9.17, 15) is 9.90 Å². The second kappa shape index (κ2) is 4.28. The number of aliphatic hydroxyl groups excluding tert-OH is 1. The van der Waals surface area contributed by atoms with Crippen LogP contribution in [0.2, 0.25) is 0 Å². The number of hydrogen-bond acceptors (Lipinski definition) is 4. The molecule has 4 nitrogen and oxygen atoms in total. The predicted octanol–water partition coefficient (Wildman–Crippen LogP) is 0.587. The van der Waals surface area contributed by atoms with E-state index in [4.69, 9.17) is 0 Å². The van der Waals surface area contributed by atoms with Crippen LogP contribution in [0.25, 0.3) is 0 Å².